The van der Waals surface area contributed by atoms with E-state index in [1.807, 2.05) is 6.07 Å². The Morgan fingerprint density at radius 2 is 2.24 bits per heavy atom. The fraction of sp³-hybridized carbons (Fsp3) is 0.333. The molecule has 1 saturated carbocycles. The summed E-state index contributed by atoms with van der Waals surface area (Å²) >= 11 is 3.29. The molecule has 1 heterocycles. The van der Waals surface area contributed by atoms with E-state index in [-0.39, 0.29) is 5.75 Å². The van der Waals surface area contributed by atoms with Crippen LogP contribution in [0.5, 0.6) is 5.75 Å². The molecule has 1 aromatic heterocycles. The highest BCUT2D eigenvalue weighted by molar-refractivity contribution is 9.10. The molecule has 1 aliphatic rings. The predicted molar refractivity (Wildman–Crippen MR) is 65.5 cm³/mol. The Bertz CT molecular complexity index is 549. The lowest BCUT2D eigenvalue weighted by atomic mass is 10.2. The number of hydrogen-bond acceptors (Lipinski definition) is 4. The Hall–Kier alpha value is -1.36. The minimum atomic E-state index is 0.140. The Labute approximate surface area is 107 Å². The first-order valence-corrected chi connectivity index (χ1v) is 6.33. The number of aromatic hydroxyl groups is 1. The van der Waals surface area contributed by atoms with Crippen LogP contribution in [-0.4, -0.2) is 15.2 Å². The second-order valence-electron chi connectivity index (χ2n) is 4.32. The normalized spacial score (nSPS) is 15.1. The molecule has 0 spiro atoms. The number of hydrogen-bond donors (Lipinski definition) is 1. The van der Waals surface area contributed by atoms with Crippen LogP contribution in [0.25, 0.3) is 11.5 Å². The van der Waals surface area contributed by atoms with Crippen molar-refractivity contribution in [2.24, 2.45) is 5.92 Å². The standard InChI is InChI=1S/C12H11BrN2O2/c13-8-3-4-9(10(16)6-8)12-14-11(15-17-12)5-7-1-2-7/h3-4,6-7,16H,1-2,5H2. The van der Waals surface area contributed by atoms with E-state index in [1.165, 1.54) is 12.8 Å². The molecular formula is C12H11BrN2O2. The number of nitrogens with zero attached hydrogens (tertiary/aromatic N) is 2. The molecule has 88 valence electrons. The van der Waals surface area contributed by atoms with Gasteiger partial charge in [-0.3, -0.25) is 0 Å². The van der Waals surface area contributed by atoms with Crippen LogP contribution in [0, 0.1) is 5.92 Å². The van der Waals surface area contributed by atoms with Gasteiger partial charge in [0.2, 0.25) is 0 Å². The van der Waals surface area contributed by atoms with E-state index >= 15 is 0 Å². The Balaban J connectivity index is 1.89. The van der Waals surface area contributed by atoms with Crippen molar-refractivity contribution in [3.63, 3.8) is 0 Å². The third-order valence-corrected chi connectivity index (χ3v) is 3.32. The first-order valence-electron chi connectivity index (χ1n) is 5.54. The number of phenols is 1. The topological polar surface area (TPSA) is 59.2 Å². The molecule has 0 aliphatic heterocycles. The van der Waals surface area contributed by atoms with E-state index in [1.54, 1.807) is 12.1 Å². The Morgan fingerprint density at radius 3 is 2.94 bits per heavy atom. The van der Waals surface area contributed by atoms with Gasteiger partial charge in [0.15, 0.2) is 5.82 Å². The fourth-order valence-corrected chi connectivity index (χ4v) is 2.06. The monoisotopic (exact) mass is 294 g/mol. The van der Waals surface area contributed by atoms with Crippen molar-refractivity contribution >= 4 is 15.9 Å². The zero-order valence-electron chi connectivity index (χ0n) is 9.06. The maximum Gasteiger partial charge on any atom is 0.261 e. The molecule has 1 aromatic carbocycles. The predicted octanol–water partition coefficient (Wildman–Crippen LogP) is 3.16. The van der Waals surface area contributed by atoms with Gasteiger partial charge >= 0.3 is 0 Å². The molecule has 1 aliphatic carbocycles. The summed E-state index contributed by atoms with van der Waals surface area (Å²) < 4.78 is 5.98. The molecule has 0 radical (unpaired) electrons. The number of benzene rings is 1. The van der Waals surface area contributed by atoms with Crippen LogP contribution in [0.1, 0.15) is 18.7 Å². The molecule has 17 heavy (non-hydrogen) atoms. The maximum absolute atomic E-state index is 9.79. The molecule has 0 atom stereocenters. The smallest absolute Gasteiger partial charge is 0.261 e. The van der Waals surface area contributed by atoms with Gasteiger partial charge in [-0.15, -0.1) is 0 Å². The maximum atomic E-state index is 9.79. The lowest BCUT2D eigenvalue weighted by Crippen LogP contribution is -1.89. The molecule has 5 heteroatoms. The highest BCUT2D eigenvalue weighted by Crippen LogP contribution is 2.34. The number of phenolic OH excluding ortho intramolecular Hbond substituents is 1. The van der Waals surface area contributed by atoms with Crippen LogP contribution in [0.3, 0.4) is 0 Å². The van der Waals surface area contributed by atoms with E-state index in [4.69, 9.17) is 4.52 Å². The van der Waals surface area contributed by atoms with E-state index in [0.29, 0.717) is 11.5 Å². The molecular weight excluding hydrogens is 284 g/mol. The lowest BCUT2D eigenvalue weighted by Gasteiger charge is -1.98. The van der Waals surface area contributed by atoms with E-state index in [2.05, 4.69) is 26.1 Å². The van der Waals surface area contributed by atoms with Gasteiger partial charge in [0.1, 0.15) is 5.75 Å². The number of rotatable bonds is 3. The van der Waals surface area contributed by atoms with Gasteiger partial charge in [0.05, 0.1) is 5.56 Å². The molecule has 0 amide bonds. The van der Waals surface area contributed by atoms with Gasteiger partial charge in [0, 0.05) is 10.9 Å². The zero-order valence-corrected chi connectivity index (χ0v) is 10.6. The minimum Gasteiger partial charge on any atom is -0.507 e. The summed E-state index contributed by atoms with van der Waals surface area (Å²) in [7, 11) is 0. The van der Waals surface area contributed by atoms with E-state index in [9.17, 15) is 5.11 Å². The molecule has 0 unspecified atom stereocenters. The number of aromatic nitrogens is 2. The summed E-state index contributed by atoms with van der Waals surface area (Å²) in [5.74, 6) is 1.97. The van der Waals surface area contributed by atoms with Crippen molar-refractivity contribution < 1.29 is 9.63 Å². The largest absolute Gasteiger partial charge is 0.507 e. The van der Waals surface area contributed by atoms with Crippen LogP contribution < -0.4 is 0 Å². The summed E-state index contributed by atoms with van der Waals surface area (Å²) in [5, 5.41) is 13.7. The molecule has 0 bridgehead atoms. The summed E-state index contributed by atoms with van der Waals surface area (Å²) in [6.45, 7) is 0. The Kier molecular flexibility index (Phi) is 2.63. The summed E-state index contributed by atoms with van der Waals surface area (Å²) in [6, 6.07) is 5.20. The highest BCUT2D eigenvalue weighted by atomic mass is 79.9. The van der Waals surface area contributed by atoms with Crippen LogP contribution in [0.2, 0.25) is 0 Å². The van der Waals surface area contributed by atoms with Crippen molar-refractivity contribution in [1.82, 2.24) is 10.1 Å². The van der Waals surface area contributed by atoms with Crippen molar-refractivity contribution in [2.75, 3.05) is 0 Å². The minimum absolute atomic E-state index is 0.140. The van der Waals surface area contributed by atoms with Crippen LogP contribution in [-0.2, 0) is 6.42 Å². The van der Waals surface area contributed by atoms with Crippen molar-refractivity contribution in [3.05, 3.63) is 28.5 Å². The average Bonchev–Trinajstić information content (AvgIpc) is 2.96. The van der Waals surface area contributed by atoms with E-state index < -0.39 is 0 Å². The molecule has 4 nitrogen and oxygen atoms in total. The summed E-state index contributed by atoms with van der Waals surface area (Å²) in [5.41, 5.74) is 0.572. The fourth-order valence-electron chi connectivity index (χ4n) is 1.71. The first-order chi connectivity index (χ1) is 8.22. The van der Waals surface area contributed by atoms with Crippen LogP contribution >= 0.6 is 15.9 Å². The van der Waals surface area contributed by atoms with E-state index in [0.717, 1.165) is 22.6 Å². The molecule has 0 saturated heterocycles. The molecule has 1 fully saturated rings. The average molecular weight is 295 g/mol. The first kappa shape index (κ1) is 10.8. The van der Waals surface area contributed by atoms with Gasteiger partial charge in [-0.25, -0.2) is 0 Å². The third-order valence-electron chi connectivity index (χ3n) is 2.83. The van der Waals surface area contributed by atoms with Crippen molar-refractivity contribution in [2.45, 2.75) is 19.3 Å². The molecule has 2 aromatic rings. The van der Waals surface area contributed by atoms with Crippen molar-refractivity contribution in [3.8, 4) is 17.2 Å². The van der Waals surface area contributed by atoms with Gasteiger partial charge in [0.25, 0.3) is 5.89 Å². The highest BCUT2D eigenvalue weighted by Gasteiger charge is 2.24. The van der Waals surface area contributed by atoms with Crippen molar-refractivity contribution in [1.29, 1.82) is 0 Å². The second-order valence-corrected chi connectivity index (χ2v) is 5.24. The zero-order chi connectivity index (χ0) is 11.8. The Morgan fingerprint density at radius 1 is 1.41 bits per heavy atom. The quantitative estimate of drug-likeness (QED) is 0.945. The summed E-state index contributed by atoms with van der Waals surface area (Å²) in [6.07, 6.45) is 3.39. The van der Waals surface area contributed by atoms with Gasteiger partial charge in [-0.05, 0) is 37.0 Å². The van der Waals surface area contributed by atoms with Crippen LogP contribution in [0.4, 0.5) is 0 Å². The van der Waals surface area contributed by atoms with Gasteiger partial charge in [-0.1, -0.05) is 21.1 Å². The third kappa shape index (κ3) is 2.34. The molecule has 1 N–H and O–H groups in total. The van der Waals surface area contributed by atoms with Gasteiger partial charge in [-0.2, -0.15) is 4.98 Å². The van der Waals surface area contributed by atoms with Crippen LogP contribution in [0.15, 0.2) is 27.2 Å². The summed E-state index contributed by atoms with van der Waals surface area (Å²) in [4.78, 5) is 4.30. The lowest BCUT2D eigenvalue weighted by molar-refractivity contribution is 0.416. The van der Waals surface area contributed by atoms with Gasteiger partial charge < -0.3 is 9.63 Å². The SMILES string of the molecule is Oc1cc(Br)ccc1-c1nc(CC2CC2)no1. The number of halogens is 1. The second kappa shape index (κ2) is 4.14. The molecule has 3 rings (SSSR count).